The molecule has 2 rings (SSSR count). The van der Waals surface area contributed by atoms with Crippen LogP contribution in [-0.4, -0.2) is 56.5 Å². The number of guanidine groups is 1. The van der Waals surface area contributed by atoms with Crippen molar-refractivity contribution in [1.29, 1.82) is 0 Å². The van der Waals surface area contributed by atoms with Crippen LogP contribution in [0.2, 0.25) is 0 Å². The van der Waals surface area contributed by atoms with E-state index in [9.17, 15) is 8.42 Å². The molecule has 0 aromatic heterocycles. The summed E-state index contributed by atoms with van der Waals surface area (Å²) in [5, 5.41) is 3.48. The van der Waals surface area contributed by atoms with Gasteiger partial charge in [-0.2, -0.15) is 0 Å². The highest BCUT2D eigenvalue weighted by Gasteiger charge is 2.41. The SMILES string of the molecule is CN=C(NCC1CCCC(C)C1)N1CCS(=O)(=O)C(C)(C)C1.I. The molecule has 1 saturated carbocycles. The first-order valence-electron chi connectivity index (χ1n) is 8.43. The van der Waals surface area contributed by atoms with Crippen molar-refractivity contribution in [3.05, 3.63) is 0 Å². The standard InChI is InChI=1S/C16H31N3O2S.HI/c1-13-6-5-7-14(10-13)11-18-15(17-4)19-8-9-22(20,21)16(2,3)12-19;/h13-14H,5-12H2,1-4H3,(H,17,18);1H. The van der Waals surface area contributed by atoms with Gasteiger partial charge in [0.05, 0.1) is 10.5 Å². The largest absolute Gasteiger partial charge is 0.356 e. The first kappa shape index (κ1) is 21.0. The van der Waals surface area contributed by atoms with Crippen LogP contribution in [0.3, 0.4) is 0 Å². The molecule has 2 atom stereocenters. The Bertz CT molecular complexity index is 519. The van der Waals surface area contributed by atoms with Crippen LogP contribution in [0.5, 0.6) is 0 Å². The molecule has 1 heterocycles. The third-order valence-corrected chi connectivity index (χ3v) is 7.68. The van der Waals surface area contributed by atoms with Crippen LogP contribution in [0.4, 0.5) is 0 Å². The van der Waals surface area contributed by atoms with Crippen LogP contribution < -0.4 is 5.32 Å². The van der Waals surface area contributed by atoms with Gasteiger partial charge < -0.3 is 10.2 Å². The number of nitrogens with one attached hydrogen (secondary N) is 1. The van der Waals surface area contributed by atoms with Gasteiger partial charge in [-0.3, -0.25) is 4.99 Å². The Morgan fingerprint density at radius 3 is 2.61 bits per heavy atom. The predicted octanol–water partition coefficient (Wildman–Crippen LogP) is 2.52. The van der Waals surface area contributed by atoms with Crippen molar-refractivity contribution >= 4 is 39.8 Å². The van der Waals surface area contributed by atoms with Gasteiger partial charge in [-0.05, 0) is 38.5 Å². The van der Waals surface area contributed by atoms with Gasteiger partial charge in [0.1, 0.15) is 0 Å². The zero-order valence-corrected chi connectivity index (χ0v) is 18.0. The monoisotopic (exact) mass is 457 g/mol. The van der Waals surface area contributed by atoms with Crippen molar-refractivity contribution in [3.8, 4) is 0 Å². The molecule has 1 N–H and O–H groups in total. The fourth-order valence-electron chi connectivity index (χ4n) is 3.64. The van der Waals surface area contributed by atoms with Gasteiger partial charge >= 0.3 is 0 Å². The lowest BCUT2D eigenvalue weighted by Crippen LogP contribution is -2.57. The molecule has 2 unspecified atom stereocenters. The molecule has 1 aliphatic carbocycles. The topological polar surface area (TPSA) is 61.8 Å². The molecule has 7 heteroatoms. The number of sulfone groups is 1. The van der Waals surface area contributed by atoms with Crippen LogP contribution >= 0.6 is 24.0 Å². The van der Waals surface area contributed by atoms with E-state index >= 15 is 0 Å². The van der Waals surface area contributed by atoms with Crippen molar-refractivity contribution in [2.75, 3.05) is 32.4 Å². The smallest absolute Gasteiger partial charge is 0.193 e. The van der Waals surface area contributed by atoms with Crippen molar-refractivity contribution in [1.82, 2.24) is 10.2 Å². The number of halogens is 1. The van der Waals surface area contributed by atoms with Gasteiger partial charge in [0.25, 0.3) is 0 Å². The summed E-state index contributed by atoms with van der Waals surface area (Å²) in [7, 11) is -1.22. The van der Waals surface area contributed by atoms with Crippen LogP contribution in [0, 0.1) is 11.8 Å². The van der Waals surface area contributed by atoms with Crippen molar-refractivity contribution in [3.63, 3.8) is 0 Å². The van der Waals surface area contributed by atoms with Gasteiger partial charge in [0.15, 0.2) is 15.8 Å². The quantitative estimate of drug-likeness (QED) is 0.393. The first-order valence-corrected chi connectivity index (χ1v) is 10.1. The summed E-state index contributed by atoms with van der Waals surface area (Å²) >= 11 is 0. The van der Waals surface area contributed by atoms with Crippen LogP contribution in [0.1, 0.15) is 46.5 Å². The van der Waals surface area contributed by atoms with Crippen molar-refractivity contribution < 1.29 is 8.42 Å². The molecule has 1 aliphatic heterocycles. The molecule has 23 heavy (non-hydrogen) atoms. The summed E-state index contributed by atoms with van der Waals surface area (Å²) < 4.78 is 23.5. The van der Waals surface area contributed by atoms with Crippen LogP contribution in [0.25, 0.3) is 0 Å². The van der Waals surface area contributed by atoms with Gasteiger partial charge in [-0.25, -0.2) is 8.42 Å². The van der Waals surface area contributed by atoms with E-state index in [0.717, 1.165) is 18.4 Å². The van der Waals surface area contributed by atoms with E-state index in [2.05, 4.69) is 22.1 Å². The van der Waals surface area contributed by atoms with Gasteiger partial charge in [-0.15, -0.1) is 24.0 Å². The molecular formula is C16H32IN3O2S. The third-order valence-electron chi connectivity index (χ3n) is 5.15. The summed E-state index contributed by atoms with van der Waals surface area (Å²) in [4.78, 5) is 6.46. The highest BCUT2D eigenvalue weighted by Crippen LogP contribution is 2.28. The lowest BCUT2D eigenvalue weighted by atomic mass is 9.82. The van der Waals surface area contributed by atoms with Gasteiger partial charge in [0.2, 0.25) is 0 Å². The Balaban J connectivity index is 0.00000264. The fourth-order valence-corrected chi connectivity index (χ4v) is 5.00. The van der Waals surface area contributed by atoms with E-state index in [0.29, 0.717) is 19.0 Å². The molecule has 2 aliphatic rings. The van der Waals surface area contributed by atoms with E-state index in [1.807, 2.05) is 13.8 Å². The van der Waals surface area contributed by atoms with E-state index in [1.165, 1.54) is 25.7 Å². The molecule has 0 amide bonds. The molecule has 136 valence electrons. The fraction of sp³-hybridized carbons (Fsp3) is 0.938. The first-order chi connectivity index (χ1) is 10.2. The maximum atomic E-state index is 12.1. The summed E-state index contributed by atoms with van der Waals surface area (Å²) in [5.41, 5.74) is 0. The zero-order chi connectivity index (χ0) is 16.4. The van der Waals surface area contributed by atoms with Crippen LogP contribution in [0.15, 0.2) is 4.99 Å². The molecular weight excluding hydrogens is 425 g/mol. The second-order valence-corrected chi connectivity index (χ2v) is 10.3. The predicted molar refractivity (Wildman–Crippen MR) is 107 cm³/mol. The van der Waals surface area contributed by atoms with E-state index in [4.69, 9.17) is 0 Å². The zero-order valence-electron chi connectivity index (χ0n) is 14.8. The minimum atomic E-state index is -3.00. The summed E-state index contributed by atoms with van der Waals surface area (Å²) in [6, 6.07) is 0. The normalized spacial score (nSPS) is 30.4. The molecule has 0 bridgehead atoms. The lowest BCUT2D eigenvalue weighted by Gasteiger charge is -2.39. The van der Waals surface area contributed by atoms with Gasteiger partial charge in [-0.1, -0.05) is 19.8 Å². The minimum absolute atomic E-state index is 0. The minimum Gasteiger partial charge on any atom is -0.356 e. The second-order valence-electron chi connectivity index (χ2n) is 7.57. The summed E-state index contributed by atoms with van der Waals surface area (Å²) in [6.45, 7) is 7.94. The van der Waals surface area contributed by atoms with Gasteiger partial charge in [0, 0.05) is 26.7 Å². The number of hydrogen-bond donors (Lipinski definition) is 1. The lowest BCUT2D eigenvalue weighted by molar-refractivity contribution is 0.277. The molecule has 5 nitrogen and oxygen atoms in total. The highest BCUT2D eigenvalue weighted by molar-refractivity contribution is 14.0. The summed E-state index contributed by atoms with van der Waals surface area (Å²) in [6.07, 6.45) is 5.24. The maximum Gasteiger partial charge on any atom is 0.193 e. The second kappa shape index (κ2) is 8.36. The Labute approximate surface area is 158 Å². The van der Waals surface area contributed by atoms with E-state index in [-0.39, 0.29) is 29.7 Å². The Morgan fingerprint density at radius 2 is 2.04 bits per heavy atom. The maximum absolute atomic E-state index is 12.1. The summed E-state index contributed by atoms with van der Waals surface area (Å²) in [5.74, 6) is 2.59. The Kier molecular flexibility index (Phi) is 7.63. The van der Waals surface area contributed by atoms with Crippen LogP contribution in [-0.2, 0) is 9.84 Å². The highest BCUT2D eigenvalue weighted by atomic mass is 127. The molecule has 0 aromatic carbocycles. The number of nitrogens with zero attached hydrogens (tertiary/aromatic N) is 2. The molecule has 0 spiro atoms. The Hall–Kier alpha value is -0.0500. The molecule has 0 radical (unpaired) electrons. The average molecular weight is 457 g/mol. The van der Waals surface area contributed by atoms with Crippen molar-refractivity contribution in [2.24, 2.45) is 16.8 Å². The van der Waals surface area contributed by atoms with E-state index in [1.54, 1.807) is 7.05 Å². The number of rotatable bonds is 2. The average Bonchev–Trinajstić information content (AvgIpc) is 2.43. The molecule has 1 saturated heterocycles. The third kappa shape index (κ3) is 5.21. The van der Waals surface area contributed by atoms with Crippen molar-refractivity contribution in [2.45, 2.75) is 51.2 Å². The number of aliphatic imine (C=N–C) groups is 1. The van der Waals surface area contributed by atoms with E-state index < -0.39 is 14.6 Å². The molecule has 2 fully saturated rings. The molecule has 0 aromatic rings. The number of hydrogen-bond acceptors (Lipinski definition) is 3. The Morgan fingerprint density at radius 1 is 1.35 bits per heavy atom.